The Morgan fingerprint density at radius 3 is 2.86 bits per heavy atom. The molecule has 0 radical (unpaired) electrons. The summed E-state index contributed by atoms with van der Waals surface area (Å²) in [5, 5.41) is 3.60. The maximum absolute atomic E-state index is 13.2. The van der Waals surface area contributed by atoms with Crippen LogP contribution in [-0.2, 0) is 9.53 Å². The minimum atomic E-state index is -0.428. The monoisotopic (exact) mass is 194 g/mol. The number of halogens is 1. The van der Waals surface area contributed by atoms with Crippen LogP contribution in [0.25, 0.3) is 0 Å². The Morgan fingerprint density at radius 1 is 1.43 bits per heavy atom. The molecule has 0 spiro atoms. The molecule has 0 saturated heterocycles. The largest absolute Gasteiger partial charge is 0.466 e. The van der Waals surface area contributed by atoms with Crippen molar-refractivity contribution in [2.24, 2.45) is 5.10 Å². The number of carbonyl (C=O) groups excluding carboxylic acids is 1. The average Bonchev–Trinajstić information content (AvgIpc) is 2.20. The molecule has 1 aliphatic heterocycles. The molecule has 1 heterocycles. The van der Waals surface area contributed by atoms with Gasteiger partial charge in [-0.3, -0.25) is 4.79 Å². The number of nitrogens with zero attached hydrogens (tertiary/aromatic N) is 1. The molecular formula is C9H7FN2O2. The molecule has 1 aromatic rings. The van der Waals surface area contributed by atoms with Gasteiger partial charge in [-0.1, -0.05) is 12.1 Å². The molecular weight excluding hydrogens is 187 g/mol. The van der Waals surface area contributed by atoms with Crippen LogP contribution >= 0.6 is 0 Å². The lowest BCUT2D eigenvalue weighted by Gasteiger charge is -2.13. The van der Waals surface area contributed by atoms with Crippen molar-refractivity contribution in [3.63, 3.8) is 0 Å². The van der Waals surface area contributed by atoms with Crippen molar-refractivity contribution in [2.45, 2.75) is 0 Å². The van der Waals surface area contributed by atoms with Crippen LogP contribution in [0.15, 0.2) is 29.4 Å². The third-order valence-corrected chi connectivity index (χ3v) is 1.73. The Bertz CT molecular complexity index is 404. The van der Waals surface area contributed by atoms with E-state index in [0.717, 1.165) is 0 Å². The van der Waals surface area contributed by atoms with Crippen LogP contribution < -0.4 is 5.43 Å². The van der Waals surface area contributed by atoms with Crippen molar-refractivity contribution in [1.29, 1.82) is 0 Å². The molecule has 2 rings (SSSR count). The Kier molecular flexibility index (Phi) is 2.14. The summed E-state index contributed by atoms with van der Waals surface area (Å²) in [6, 6.07) is 6.07. The first-order valence-electron chi connectivity index (χ1n) is 4.01. The predicted octanol–water partition coefficient (Wildman–Crippen LogP) is 0.634. The molecule has 0 aliphatic carbocycles. The Labute approximate surface area is 79.4 Å². The third kappa shape index (κ3) is 1.56. The van der Waals surface area contributed by atoms with Gasteiger partial charge in [0.05, 0.1) is 5.56 Å². The normalized spacial score (nSPS) is 15.5. The molecule has 1 aromatic carbocycles. The summed E-state index contributed by atoms with van der Waals surface area (Å²) in [6.45, 7) is -0.132. The van der Waals surface area contributed by atoms with E-state index < -0.39 is 5.82 Å². The Balaban J connectivity index is 2.32. The smallest absolute Gasteiger partial charge is 0.278 e. The fraction of sp³-hybridized carbons (Fsp3) is 0.111. The predicted molar refractivity (Wildman–Crippen MR) is 47.0 cm³/mol. The minimum Gasteiger partial charge on any atom is -0.466 e. The number of hydrazone groups is 1. The fourth-order valence-corrected chi connectivity index (χ4v) is 1.08. The molecule has 4 nitrogen and oxygen atoms in total. The standard InChI is InChI=1S/C9H7FN2O2/c10-7-4-2-1-3-6(7)9-12-11-8(13)5-14-9/h1-4H,5H2,(H,11,13). The zero-order chi connectivity index (χ0) is 9.97. The lowest BCUT2D eigenvalue weighted by atomic mass is 10.2. The molecule has 0 saturated carbocycles. The first-order valence-corrected chi connectivity index (χ1v) is 4.01. The number of ether oxygens (including phenoxy) is 1. The van der Waals surface area contributed by atoms with Crippen LogP contribution in [0.4, 0.5) is 4.39 Å². The van der Waals surface area contributed by atoms with E-state index in [0.29, 0.717) is 0 Å². The van der Waals surface area contributed by atoms with Gasteiger partial charge in [0.15, 0.2) is 6.61 Å². The summed E-state index contributed by atoms with van der Waals surface area (Å²) in [5.74, 6) is -0.671. The van der Waals surface area contributed by atoms with Crippen LogP contribution in [0.1, 0.15) is 5.56 Å². The number of carbonyl (C=O) groups is 1. The summed E-state index contributed by atoms with van der Waals surface area (Å²) < 4.78 is 18.2. The number of rotatable bonds is 1. The van der Waals surface area contributed by atoms with Gasteiger partial charge in [0.1, 0.15) is 5.82 Å². The second-order valence-electron chi connectivity index (χ2n) is 2.72. The van der Waals surface area contributed by atoms with Crippen LogP contribution in [0, 0.1) is 5.82 Å². The number of hydrogen-bond donors (Lipinski definition) is 1. The van der Waals surface area contributed by atoms with Crippen molar-refractivity contribution in [3.8, 4) is 0 Å². The number of benzene rings is 1. The second-order valence-corrected chi connectivity index (χ2v) is 2.72. The summed E-state index contributed by atoms with van der Waals surface area (Å²) >= 11 is 0. The number of nitrogens with one attached hydrogen (secondary N) is 1. The van der Waals surface area contributed by atoms with E-state index in [1.165, 1.54) is 12.1 Å². The summed E-state index contributed by atoms with van der Waals surface area (Å²) in [5.41, 5.74) is 2.46. The van der Waals surface area contributed by atoms with E-state index >= 15 is 0 Å². The van der Waals surface area contributed by atoms with Gasteiger partial charge in [-0.25, -0.2) is 9.82 Å². The topological polar surface area (TPSA) is 50.7 Å². The van der Waals surface area contributed by atoms with Gasteiger partial charge in [0, 0.05) is 0 Å². The summed E-state index contributed by atoms with van der Waals surface area (Å²) in [6.07, 6.45) is 0. The highest BCUT2D eigenvalue weighted by Crippen LogP contribution is 2.09. The van der Waals surface area contributed by atoms with E-state index in [1.54, 1.807) is 12.1 Å². The molecule has 1 aliphatic rings. The van der Waals surface area contributed by atoms with Crippen molar-refractivity contribution in [1.82, 2.24) is 5.43 Å². The maximum atomic E-state index is 13.2. The van der Waals surface area contributed by atoms with Gasteiger partial charge in [0.2, 0.25) is 5.90 Å². The van der Waals surface area contributed by atoms with Crippen LogP contribution in [0.2, 0.25) is 0 Å². The fourth-order valence-electron chi connectivity index (χ4n) is 1.08. The number of amides is 1. The average molecular weight is 194 g/mol. The molecule has 0 unspecified atom stereocenters. The highest BCUT2D eigenvalue weighted by atomic mass is 19.1. The van der Waals surface area contributed by atoms with E-state index in [9.17, 15) is 9.18 Å². The molecule has 1 amide bonds. The zero-order valence-electron chi connectivity index (χ0n) is 7.16. The van der Waals surface area contributed by atoms with Gasteiger partial charge < -0.3 is 4.74 Å². The first kappa shape index (κ1) is 8.68. The zero-order valence-corrected chi connectivity index (χ0v) is 7.16. The lowest BCUT2D eigenvalue weighted by Crippen LogP contribution is -2.32. The quantitative estimate of drug-likeness (QED) is 0.713. The summed E-state index contributed by atoms with van der Waals surface area (Å²) in [4.78, 5) is 10.7. The molecule has 0 fully saturated rings. The Morgan fingerprint density at radius 2 is 2.21 bits per heavy atom. The van der Waals surface area contributed by atoms with E-state index in [4.69, 9.17) is 4.74 Å². The van der Waals surface area contributed by atoms with Crippen LogP contribution in [0.5, 0.6) is 0 Å². The molecule has 72 valence electrons. The van der Waals surface area contributed by atoms with E-state index in [2.05, 4.69) is 10.5 Å². The highest BCUT2D eigenvalue weighted by molar-refractivity contribution is 5.98. The molecule has 1 N–H and O–H groups in total. The summed E-state index contributed by atoms with van der Waals surface area (Å²) in [7, 11) is 0. The second kappa shape index (κ2) is 3.45. The minimum absolute atomic E-state index is 0.0997. The van der Waals surface area contributed by atoms with Gasteiger partial charge in [-0.05, 0) is 12.1 Å². The van der Waals surface area contributed by atoms with Gasteiger partial charge in [0.25, 0.3) is 5.91 Å². The SMILES string of the molecule is O=C1COC(c2ccccc2F)=NN1. The van der Waals surface area contributed by atoms with Crippen LogP contribution in [0.3, 0.4) is 0 Å². The highest BCUT2D eigenvalue weighted by Gasteiger charge is 2.16. The third-order valence-electron chi connectivity index (χ3n) is 1.73. The lowest BCUT2D eigenvalue weighted by molar-refractivity contribution is -0.124. The van der Waals surface area contributed by atoms with Crippen molar-refractivity contribution < 1.29 is 13.9 Å². The van der Waals surface area contributed by atoms with Crippen molar-refractivity contribution >= 4 is 11.8 Å². The molecule has 5 heteroatoms. The maximum Gasteiger partial charge on any atom is 0.278 e. The molecule has 14 heavy (non-hydrogen) atoms. The number of hydrogen-bond acceptors (Lipinski definition) is 3. The van der Waals surface area contributed by atoms with Gasteiger partial charge in [-0.15, -0.1) is 5.10 Å². The Hall–Kier alpha value is -1.91. The first-order chi connectivity index (χ1) is 6.77. The van der Waals surface area contributed by atoms with Crippen molar-refractivity contribution in [3.05, 3.63) is 35.6 Å². The van der Waals surface area contributed by atoms with Gasteiger partial charge in [-0.2, -0.15) is 0 Å². The van der Waals surface area contributed by atoms with Gasteiger partial charge >= 0.3 is 0 Å². The van der Waals surface area contributed by atoms with E-state index in [-0.39, 0.29) is 24.0 Å². The van der Waals surface area contributed by atoms with E-state index in [1.807, 2.05) is 0 Å². The molecule has 0 bridgehead atoms. The van der Waals surface area contributed by atoms with Crippen molar-refractivity contribution in [2.75, 3.05) is 6.61 Å². The molecule has 0 atom stereocenters. The van der Waals surface area contributed by atoms with Crippen LogP contribution in [-0.4, -0.2) is 18.4 Å². The molecule has 0 aromatic heterocycles.